The van der Waals surface area contributed by atoms with Crippen LogP contribution in [0.3, 0.4) is 0 Å². The van der Waals surface area contributed by atoms with Gasteiger partial charge in [-0.2, -0.15) is 0 Å². The molecule has 1 amide bonds. The second-order valence-electron chi connectivity index (χ2n) is 4.42. The Bertz CT molecular complexity index is 407. The fraction of sp³-hybridized carbons (Fsp3) is 0.500. The molecule has 1 rings (SSSR count). The highest BCUT2D eigenvalue weighted by Crippen LogP contribution is 2.10. The van der Waals surface area contributed by atoms with Gasteiger partial charge in [-0.3, -0.25) is 4.79 Å². The molecule has 1 atom stereocenters. The van der Waals surface area contributed by atoms with Gasteiger partial charge in [-0.15, -0.1) is 0 Å². The van der Waals surface area contributed by atoms with Crippen molar-refractivity contribution in [3.05, 3.63) is 34.9 Å². The lowest BCUT2D eigenvalue weighted by Crippen LogP contribution is -2.27. The first kappa shape index (κ1) is 15.2. The van der Waals surface area contributed by atoms with Gasteiger partial charge < -0.3 is 10.1 Å². The fourth-order valence-electron chi connectivity index (χ4n) is 1.68. The lowest BCUT2D eigenvalue weighted by molar-refractivity contribution is 0.0951. The number of methoxy groups -OCH3 is 1. The summed E-state index contributed by atoms with van der Waals surface area (Å²) in [5.41, 5.74) is 2.86. The molecule has 0 radical (unpaired) electrons. The number of amides is 1. The van der Waals surface area contributed by atoms with Crippen LogP contribution in [0.15, 0.2) is 18.2 Å². The lowest BCUT2D eigenvalue weighted by Gasteiger charge is -2.11. The molecule has 0 aliphatic rings. The third-order valence-electron chi connectivity index (χ3n) is 2.73. The number of aryl methyl sites for hydroxylation is 2. The average molecular weight is 314 g/mol. The van der Waals surface area contributed by atoms with Gasteiger partial charge in [0.15, 0.2) is 0 Å². The largest absolute Gasteiger partial charge is 0.384 e. The summed E-state index contributed by atoms with van der Waals surface area (Å²) in [4.78, 5) is 12.3. The molecule has 0 saturated carbocycles. The highest BCUT2D eigenvalue weighted by molar-refractivity contribution is 9.09. The minimum absolute atomic E-state index is 0.00619. The summed E-state index contributed by atoms with van der Waals surface area (Å²) < 4.78 is 5.02. The molecule has 18 heavy (non-hydrogen) atoms. The first-order valence-electron chi connectivity index (χ1n) is 6.03. The Kier molecular flexibility index (Phi) is 6.36. The molecular weight excluding hydrogens is 294 g/mol. The van der Waals surface area contributed by atoms with Gasteiger partial charge in [0, 0.05) is 24.0 Å². The van der Waals surface area contributed by atoms with Crippen molar-refractivity contribution in [3.63, 3.8) is 0 Å². The molecule has 0 heterocycles. The van der Waals surface area contributed by atoms with Gasteiger partial charge in [-0.1, -0.05) is 33.6 Å². The molecule has 3 nitrogen and oxygen atoms in total. The monoisotopic (exact) mass is 313 g/mol. The number of alkyl halides is 1. The van der Waals surface area contributed by atoms with Gasteiger partial charge in [0.1, 0.15) is 0 Å². The van der Waals surface area contributed by atoms with Gasteiger partial charge >= 0.3 is 0 Å². The maximum absolute atomic E-state index is 12.0. The van der Waals surface area contributed by atoms with Crippen LogP contribution in [0.4, 0.5) is 0 Å². The van der Waals surface area contributed by atoms with Gasteiger partial charge in [-0.05, 0) is 31.9 Å². The number of nitrogens with one attached hydrogen (secondary N) is 1. The summed E-state index contributed by atoms with van der Waals surface area (Å²) in [5, 5.41) is 2.93. The first-order valence-corrected chi connectivity index (χ1v) is 6.94. The van der Waals surface area contributed by atoms with Gasteiger partial charge in [-0.25, -0.2) is 0 Å². The van der Waals surface area contributed by atoms with E-state index in [1.54, 1.807) is 7.11 Å². The van der Waals surface area contributed by atoms with Crippen molar-refractivity contribution in [3.8, 4) is 0 Å². The zero-order chi connectivity index (χ0) is 13.5. The topological polar surface area (TPSA) is 38.3 Å². The van der Waals surface area contributed by atoms with E-state index in [0.717, 1.165) is 23.1 Å². The summed E-state index contributed by atoms with van der Waals surface area (Å²) in [7, 11) is 1.67. The standard InChI is InChI=1S/C14H20BrNO2/c1-10-4-5-11(2)13(8-10)14(17)16-7-6-12(15)9-18-3/h4-5,8,12H,6-7,9H2,1-3H3,(H,16,17). The molecule has 1 aromatic rings. The Morgan fingerprint density at radius 1 is 1.44 bits per heavy atom. The Morgan fingerprint density at radius 2 is 2.17 bits per heavy atom. The first-order chi connectivity index (χ1) is 8.54. The van der Waals surface area contributed by atoms with E-state index in [1.165, 1.54) is 0 Å². The molecule has 0 spiro atoms. The lowest BCUT2D eigenvalue weighted by atomic mass is 10.1. The number of rotatable bonds is 6. The van der Waals surface area contributed by atoms with E-state index in [9.17, 15) is 4.79 Å². The van der Waals surface area contributed by atoms with E-state index in [-0.39, 0.29) is 10.7 Å². The van der Waals surface area contributed by atoms with Gasteiger partial charge in [0.05, 0.1) is 6.61 Å². The van der Waals surface area contributed by atoms with Crippen LogP contribution < -0.4 is 5.32 Å². The SMILES string of the molecule is COCC(Br)CCNC(=O)c1cc(C)ccc1C. The zero-order valence-electron chi connectivity index (χ0n) is 11.1. The normalized spacial score (nSPS) is 12.2. The van der Waals surface area contributed by atoms with Crippen molar-refractivity contribution < 1.29 is 9.53 Å². The third-order valence-corrected chi connectivity index (χ3v) is 3.45. The summed E-state index contributed by atoms with van der Waals surface area (Å²) >= 11 is 3.49. The third kappa shape index (κ3) is 4.78. The highest BCUT2D eigenvalue weighted by atomic mass is 79.9. The molecule has 1 unspecified atom stereocenters. The minimum atomic E-state index is -0.00619. The molecule has 1 aromatic carbocycles. The van der Waals surface area contributed by atoms with E-state index >= 15 is 0 Å². The quantitative estimate of drug-likeness (QED) is 0.820. The Hall–Kier alpha value is -0.870. The van der Waals surface area contributed by atoms with Crippen LogP contribution >= 0.6 is 15.9 Å². The molecule has 0 aliphatic heterocycles. The van der Waals surface area contributed by atoms with Crippen LogP contribution in [0.2, 0.25) is 0 Å². The van der Waals surface area contributed by atoms with Crippen molar-refractivity contribution >= 4 is 21.8 Å². The second-order valence-corrected chi connectivity index (χ2v) is 5.71. The van der Waals surface area contributed by atoms with Crippen LogP contribution in [0.1, 0.15) is 27.9 Å². The van der Waals surface area contributed by atoms with E-state index in [2.05, 4.69) is 21.2 Å². The van der Waals surface area contributed by atoms with Crippen LogP contribution in [0.5, 0.6) is 0 Å². The summed E-state index contributed by atoms with van der Waals surface area (Å²) in [6, 6.07) is 5.91. The number of halogens is 1. The van der Waals surface area contributed by atoms with Crippen LogP contribution in [-0.4, -0.2) is 31.0 Å². The molecule has 0 aliphatic carbocycles. The molecule has 1 N–H and O–H groups in total. The molecule has 100 valence electrons. The fourth-order valence-corrected chi connectivity index (χ4v) is 2.18. The molecule has 0 fully saturated rings. The van der Waals surface area contributed by atoms with Crippen LogP contribution in [-0.2, 0) is 4.74 Å². The van der Waals surface area contributed by atoms with Crippen molar-refractivity contribution in [2.45, 2.75) is 25.1 Å². The second kappa shape index (κ2) is 7.54. The number of benzene rings is 1. The molecular formula is C14H20BrNO2. The number of hydrogen-bond donors (Lipinski definition) is 1. The molecule has 0 aromatic heterocycles. The van der Waals surface area contributed by atoms with E-state index in [1.807, 2.05) is 32.0 Å². The van der Waals surface area contributed by atoms with E-state index in [0.29, 0.717) is 13.2 Å². The minimum Gasteiger partial charge on any atom is -0.384 e. The predicted octanol–water partition coefficient (Wildman–Crippen LogP) is 2.83. The Labute approximate surface area is 117 Å². The average Bonchev–Trinajstić information content (AvgIpc) is 2.32. The van der Waals surface area contributed by atoms with E-state index in [4.69, 9.17) is 4.74 Å². The Balaban J connectivity index is 2.48. The summed E-state index contributed by atoms with van der Waals surface area (Å²) in [6.45, 7) is 5.24. The van der Waals surface area contributed by atoms with Gasteiger partial charge in [0.25, 0.3) is 5.91 Å². The summed E-state index contributed by atoms with van der Waals surface area (Å²) in [6.07, 6.45) is 0.852. The van der Waals surface area contributed by atoms with Crippen LogP contribution in [0, 0.1) is 13.8 Å². The van der Waals surface area contributed by atoms with E-state index < -0.39 is 0 Å². The molecule has 0 saturated heterocycles. The van der Waals surface area contributed by atoms with Gasteiger partial charge in [0.2, 0.25) is 0 Å². The van der Waals surface area contributed by atoms with Crippen molar-refractivity contribution in [2.75, 3.05) is 20.3 Å². The highest BCUT2D eigenvalue weighted by Gasteiger charge is 2.09. The number of carbonyl (C=O) groups is 1. The summed E-state index contributed by atoms with van der Waals surface area (Å²) in [5.74, 6) is -0.00619. The maximum Gasteiger partial charge on any atom is 0.251 e. The zero-order valence-corrected chi connectivity index (χ0v) is 12.7. The van der Waals surface area contributed by atoms with Crippen molar-refractivity contribution in [2.24, 2.45) is 0 Å². The van der Waals surface area contributed by atoms with Crippen molar-refractivity contribution in [1.82, 2.24) is 5.32 Å². The molecule has 4 heteroatoms. The van der Waals surface area contributed by atoms with Crippen LogP contribution in [0.25, 0.3) is 0 Å². The maximum atomic E-state index is 12.0. The smallest absolute Gasteiger partial charge is 0.251 e. The predicted molar refractivity (Wildman–Crippen MR) is 77.5 cm³/mol. The number of carbonyl (C=O) groups excluding carboxylic acids is 1. The number of hydrogen-bond acceptors (Lipinski definition) is 2. The molecule has 0 bridgehead atoms. The van der Waals surface area contributed by atoms with Crippen molar-refractivity contribution in [1.29, 1.82) is 0 Å². The Morgan fingerprint density at radius 3 is 2.83 bits per heavy atom. The number of ether oxygens (including phenoxy) is 1.